The largest absolute Gasteiger partial charge is 0.483 e. The Morgan fingerprint density at radius 3 is 2.21 bits per heavy atom. The number of anilines is 1. The van der Waals surface area contributed by atoms with Gasteiger partial charge in [-0.25, -0.2) is 4.79 Å². The number of carboxylic acids is 1. The summed E-state index contributed by atoms with van der Waals surface area (Å²) < 4.78 is 7.86. The molecule has 0 bridgehead atoms. The zero-order valence-electron chi connectivity index (χ0n) is 19.3. The molecule has 174 valence electrons. The molecule has 0 aliphatic heterocycles. The standard InChI is InChI=1S/C24H28N4O4S/c1-14(2)17-8-12-20(13-9-17)32-15(3)21-26-27-24(28(21)5)33-16(4)22(29)25-19-10-6-18(7-11-19)23(30)31/h6-16H,1-5H3,(H,25,29)(H,30,31). The van der Waals surface area contributed by atoms with Crippen molar-refractivity contribution in [2.75, 3.05) is 5.32 Å². The van der Waals surface area contributed by atoms with E-state index < -0.39 is 11.2 Å². The molecule has 1 heterocycles. The lowest BCUT2D eigenvalue weighted by molar-refractivity contribution is -0.115. The average molecular weight is 469 g/mol. The minimum Gasteiger partial charge on any atom is -0.483 e. The summed E-state index contributed by atoms with van der Waals surface area (Å²) in [4.78, 5) is 23.5. The lowest BCUT2D eigenvalue weighted by Gasteiger charge is -2.16. The molecule has 0 aliphatic rings. The zero-order chi connectivity index (χ0) is 24.1. The van der Waals surface area contributed by atoms with Crippen molar-refractivity contribution in [2.24, 2.45) is 7.05 Å². The molecule has 3 rings (SSSR count). The molecule has 0 aliphatic carbocycles. The van der Waals surface area contributed by atoms with E-state index in [-0.39, 0.29) is 17.6 Å². The van der Waals surface area contributed by atoms with Crippen molar-refractivity contribution in [3.8, 4) is 5.75 Å². The van der Waals surface area contributed by atoms with Crippen LogP contribution in [0.1, 0.15) is 61.5 Å². The fourth-order valence-corrected chi connectivity index (χ4v) is 3.94. The van der Waals surface area contributed by atoms with Crippen molar-refractivity contribution in [1.29, 1.82) is 0 Å². The molecule has 9 heteroatoms. The highest BCUT2D eigenvalue weighted by molar-refractivity contribution is 8.00. The van der Waals surface area contributed by atoms with Gasteiger partial charge in [0, 0.05) is 12.7 Å². The number of hydrogen-bond acceptors (Lipinski definition) is 6. The molecule has 3 aromatic rings. The maximum atomic E-state index is 12.6. The molecule has 33 heavy (non-hydrogen) atoms. The number of nitrogens with one attached hydrogen (secondary N) is 1. The number of rotatable bonds is 9. The number of hydrogen-bond donors (Lipinski definition) is 2. The Kier molecular flexibility index (Phi) is 7.75. The van der Waals surface area contributed by atoms with Gasteiger partial charge in [-0.3, -0.25) is 4.79 Å². The van der Waals surface area contributed by atoms with E-state index in [1.54, 1.807) is 19.1 Å². The van der Waals surface area contributed by atoms with Crippen molar-refractivity contribution >= 4 is 29.3 Å². The van der Waals surface area contributed by atoms with Gasteiger partial charge in [0.25, 0.3) is 0 Å². The van der Waals surface area contributed by atoms with E-state index in [9.17, 15) is 9.59 Å². The van der Waals surface area contributed by atoms with Crippen LogP contribution in [0, 0.1) is 0 Å². The summed E-state index contributed by atoms with van der Waals surface area (Å²) in [5.74, 6) is 0.633. The van der Waals surface area contributed by atoms with Crippen LogP contribution >= 0.6 is 11.8 Å². The smallest absolute Gasteiger partial charge is 0.335 e. The van der Waals surface area contributed by atoms with Gasteiger partial charge in [0.1, 0.15) is 5.75 Å². The molecule has 2 atom stereocenters. The summed E-state index contributed by atoms with van der Waals surface area (Å²) >= 11 is 1.28. The molecule has 0 fully saturated rings. The molecule has 0 radical (unpaired) electrons. The quantitative estimate of drug-likeness (QED) is 0.430. The van der Waals surface area contributed by atoms with Crippen LogP contribution in [0.25, 0.3) is 0 Å². The fourth-order valence-electron chi connectivity index (χ4n) is 3.12. The number of thioether (sulfide) groups is 1. The van der Waals surface area contributed by atoms with Crippen LogP contribution in [-0.2, 0) is 11.8 Å². The molecule has 0 saturated heterocycles. The predicted molar refractivity (Wildman–Crippen MR) is 128 cm³/mol. The third-order valence-corrected chi connectivity index (χ3v) is 6.28. The van der Waals surface area contributed by atoms with Crippen LogP contribution in [0.4, 0.5) is 5.69 Å². The van der Waals surface area contributed by atoms with E-state index in [2.05, 4.69) is 41.5 Å². The SMILES string of the molecule is CC(Sc1nnc(C(C)Oc2ccc(C(C)C)cc2)n1C)C(=O)Nc1ccc(C(=O)O)cc1. The second-order valence-corrected chi connectivity index (χ2v) is 9.32. The Balaban J connectivity index is 1.61. The van der Waals surface area contributed by atoms with Crippen molar-refractivity contribution in [3.05, 3.63) is 65.5 Å². The van der Waals surface area contributed by atoms with E-state index in [0.717, 1.165) is 5.75 Å². The molecule has 0 spiro atoms. The Labute approximate surface area is 197 Å². The van der Waals surface area contributed by atoms with Crippen molar-refractivity contribution in [3.63, 3.8) is 0 Å². The second kappa shape index (κ2) is 10.5. The summed E-state index contributed by atoms with van der Waals surface area (Å²) in [6.45, 7) is 7.98. The fraction of sp³-hybridized carbons (Fsp3) is 0.333. The van der Waals surface area contributed by atoms with Crippen molar-refractivity contribution in [1.82, 2.24) is 14.8 Å². The van der Waals surface area contributed by atoms with Gasteiger partial charge in [0.05, 0.1) is 10.8 Å². The van der Waals surface area contributed by atoms with Crippen molar-refractivity contribution in [2.45, 2.75) is 50.1 Å². The van der Waals surface area contributed by atoms with E-state index in [1.807, 2.05) is 30.7 Å². The number of aromatic carboxylic acids is 1. The Morgan fingerprint density at radius 2 is 1.64 bits per heavy atom. The van der Waals surface area contributed by atoms with E-state index in [4.69, 9.17) is 9.84 Å². The monoisotopic (exact) mass is 468 g/mol. The Morgan fingerprint density at radius 1 is 1.00 bits per heavy atom. The number of carbonyl (C=O) groups is 2. The summed E-state index contributed by atoms with van der Waals surface area (Å²) in [6, 6.07) is 14.0. The average Bonchev–Trinajstić information content (AvgIpc) is 3.14. The Bertz CT molecular complexity index is 1110. The molecular formula is C24H28N4O4S. The van der Waals surface area contributed by atoms with Gasteiger partial charge in [-0.1, -0.05) is 37.7 Å². The number of carboxylic acid groups (broad SMARTS) is 1. The minimum atomic E-state index is -1.01. The predicted octanol–water partition coefficient (Wildman–Crippen LogP) is 4.90. The first kappa shape index (κ1) is 24.3. The van der Waals surface area contributed by atoms with Gasteiger partial charge in [-0.2, -0.15) is 0 Å². The molecular weight excluding hydrogens is 440 g/mol. The third kappa shape index (κ3) is 6.13. The van der Waals surface area contributed by atoms with Crippen molar-refractivity contribution < 1.29 is 19.4 Å². The highest BCUT2D eigenvalue weighted by Crippen LogP contribution is 2.27. The van der Waals surface area contributed by atoms with E-state index in [0.29, 0.717) is 22.6 Å². The van der Waals surface area contributed by atoms with E-state index in [1.165, 1.54) is 29.5 Å². The number of ether oxygens (including phenoxy) is 1. The molecule has 2 N–H and O–H groups in total. The molecule has 1 amide bonds. The van der Waals surface area contributed by atoms with Gasteiger partial charge >= 0.3 is 5.97 Å². The van der Waals surface area contributed by atoms with Gasteiger partial charge in [-0.15, -0.1) is 10.2 Å². The van der Waals surface area contributed by atoms with Crippen LogP contribution in [0.3, 0.4) is 0 Å². The number of amides is 1. The molecule has 1 aromatic heterocycles. The first-order valence-electron chi connectivity index (χ1n) is 10.6. The van der Waals surface area contributed by atoms with E-state index >= 15 is 0 Å². The lowest BCUT2D eigenvalue weighted by Crippen LogP contribution is -2.23. The number of aromatic nitrogens is 3. The molecule has 8 nitrogen and oxygen atoms in total. The summed E-state index contributed by atoms with van der Waals surface area (Å²) in [5.41, 5.74) is 1.94. The third-order valence-electron chi connectivity index (χ3n) is 5.14. The summed E-state index contributed by atoms with van der Waals surface area (Å²) in [6.07, 6.45) is -0.321. The minimum absolute atomic E-state index is 0.161. The maximum absolute atomic E-state index is 12.6. The van der Waals surface area contributed by atoms with Crippen LogP contribution in [0.2, 0.25) is 0 Å². The van der Waals surface area contributed by atoms with Gasteiger partial charge < -0.3 is 19.7 Å². The molecule has 0 saturated carbocycles. The van der Waals surface area contributed by atoms with Gasteiger partial charge in [0.2, 0.25) is 5.91 Å². The number of carbonyl (C=O) groups excluding carboxylic acids is 1. The number of benzene rings is 2. The molecule has 2 aromatic carbocycles. The molecule has 2 unspecified atom stereocenters. The van der Waals surface area contributed by atoms with Crippen LogP contribution in [0.5, 0.6) is 5.75 Å². The first-order chi connectivity index (χ1) is 15.7. The highest BCUT2D eigenvalue weighted by Gasteiger charge is 2.22. The summed E-state index contributed by atoms with van der Waals surface area (Å²) in [7, 11) is 1.84. The van der Waals surface area contributed by atoms with Gasteiger partial charge in [-0.05, 0) is 61.7 Å². The first-order valence-corrected chi connectivity index (χ1v) is 11.5. The maximum Gasteiger partial charge on any atom is 0.335 e. The summed E-state index contributed by atoms with van der Waals surface area (Å²) in [5, 5.41) is 20.4. The topological polar surface area (TPSA) is 106 Å². The Hall–Kier alpha value is -3.33. The van der Waals surface area contributed by atoms with Crippen LogP contribution < -0.4 is 10.1 Å². The number of nitrogens with zero attached hydrogens (tertiary/aromatic N) is 3. The van der Waals surface area contributed by atoms with Gasteiger partial charge in [0.15, 0.2) is 17.1 Å². The normalized spacial score (nSPS) is 12.9. The van der Waals surface area contributed by atoms with Crippen LogP contribution in [-0.4, -0.2) is 37.0 Å². The van der Waals surface area contributed by atoms with Crippen LogP contribution in [0.15, 0.2) is 53.7 Å². The lowest BCUT2D eigenvalue weighted by atomic mass is 10.0. The second-order valence-electron chi connectivity index (χ2n) is 8.02. The zero-order valence-corrected chi connectivity index (χ0v) is 20.1. The highest BCUT2D eigenvalue weighted by atomic mass is 32.2.